The van der Waals surface area contributed by atoms with Gasteiger partial charge in [0.25, 0.3) is 0 Å². The second kappa shape index (κ2) is 14.2. The molecule has 26 heavy (non-hydrogen) atoms. The predicted octanol–water partition coefficient (Wildman–Crippen LogP) is -1.11. The van der Waals surface area contributed by atoms with Crippen molar-refractivity contribution in [2.75, 3.05) is 0 Å². The molecule has 0 aromatic rings. The molecule has 0 amide bonds. The van der Waals surface area contributed by atoms with Gasteiger partial charge in [-0.15, -0.1) is 11.6 Å². The zero-order valence-electron chi connectivity index (χ0n) is 15.6. The van der Waals surface area contributed by atoms with Gasteiger partial charge in [0.1, 0.15) is 0 Å². The third kappa shape index (κ3) is 11.6. The van der Waals surface area contributed by atoms with Crippen LogP contribution in [0.25, 0.3) is 0 Å². The van der Waals surface area contributed by atoms with E-state index in [1.54, 1.807) is 6.92 Å². The summed E-state index contributed by atoms with van der Waals surface area (Å²) in [5.74, 6) is -1.39. The number of halogens is 1. The molecular weight excluding hydrogens is 371 g/mol. The van der Waals surface area contributed by atoms with Crippen molar-refractivity contribution in [1.29, 1.82) is 0 Å². The topological polar surface area (TPSA) is 101 Å². The maximum atomic E-state index is 11.0. The van der Waals surface area contributed by atoms with Crippen LogP contribution in [0, 0.1) is 0 Å². The van der Waals surface area contributed by atoms with Gasteiger partial charge in [0.05, 0.1) is 11.3 Å². The van der Waals surface area contributed by atoms with Gasteiger partial charge in [-0.25, -0.2) is 4.79 Å². The number of esters is 1. The number of carbonyl (C=O) groups is 4. The first kappa shape index (κ1) is 27.3. The summed E-state index contributed by atoms with van der Waals surface area (Å²) in [6.07, 6.45) is 4.11. The zero-order valence-corrected chi connectivity index (χ0v) is 18.4. The number of ether oxygens (including phenoxy) is 1. The van der Waals surface area contributed by atoms with Gasteiger partial charge in [-0.05, 0) is 45.1 Å². The van der Waals surface area contributed by atoms with Gasteiger partial charge in [-0.2, -0.15) is 0 Å². The Labute approximate surface area is 181 Å². The number of carbonyl (C=O) groups excluding carboxylic acids is 4. The van der Waals surface area contributed by atoms with Crippen LogP contribution in [0.5, 0.6) is 0 Å². The maximum absolute atomic E-state index is 11.0. The first-order valence-corrected chi connectivity index (χ1v) is 8.42. The van der Waals surface area contributed by atoms with Gasteiger partial charge in [-0.1, -0.05) is 13.2 Å². The Morgan fingerprint density at radius 2 is 1.50 bits per heavy atom. The minimum atomic E-state index is -1.19. The standard InChI is InChI=1S/C9H12O3.C5H7ClO.C4H6O2.Na/c1-6(2)9(11)12-8-5-3-4-7(8)10;6-4-2-1-3-5(4)7;1-3(2)4(5)6;/h8H,1,3-5H2,2H3;4H,1-3H2;1H2,2H3,(H,5,6);/q;;;+1/p-1. The number of alkyl halides is 1. The van der Waals surface area contributed by atoms with Crippen LogP contribution in [0.15, 0.2) is 24.3 Å². The summed E-state index contributed by atoms with van der Waals surface area (Å²) in [6, 6.07) is 0. The smallest absolute Gasteiger partial charge is 0.545 e. The van der Waals surface area contributed by atoms with Crippen LogP contribution in [0.4, 0.5) is 0 Å². The van der Waals surface area contributed by atoms with Crippen LogP contribution in [0.3, 0.4) is 0 Å². The van der Waals surface area contributed by atoms with Crippen molar-refractivity contribution in [3.05, 3.63) is 24.3 Å². The fraction of sp³-hybridized carbons (Fsp3) is 0.556. The molecule has 0 aromatic heterocycles. The largest absolute Gasteiger partial charge is 1.00 e. The fourth-order valence-electron chi connectivity index (χ4n) is 1.91. The van der Waals surface area contributed by atoms with Crippen molar-refractivity contribution >= 4 is 35.1 Å². The van der Waals surface area contributed by atoms with Crippen LogP contribution >= 0.6 is 11.6 Å². The van der Waals surface area contributed by atoms with Crippen molar-refractivity contribution in [2.45, 2.75) is 63.9 Å². The second-order valence-electron chi connectivity index (χ2n) is 5.93. The minimum Gasteiger partial charge on any atom is -0.545 e. The molecule has 0 radical (unpaired) electrons. The third-order valence-electron chi connectivity index (χ3n) is 3.42. The number of hydrogen-bond donors (Lipinski definition) is 0. The van der Waals surface area contributed by atoms with E-state index in [4.69, 9.17) is 16.3 Å². The van der Waals surface area contributed by atoms with Crippen LogP contribution in [-0.4, -0.2) is 35.0 Å². The summed E-state index contributed by atoms with van der Waals surface area (Å²) in [5.41, 5.74) is 0.407. The molecule has 0 spiro atoms. The van der Waals surface area contributed by atoms with Crippen LogP contribution < -0.4 is 34.7 Å². The Kier molecular flexibility index (Phi) is 14.8. The first-order chi connectivity index (χ1) is 11.6. The van der Waals surface area contributed by atoms with E-state index in [9.17, 15) is 24.3 Å². The number of carboxylic acid groups (broad SMARTS) is 1. The molecule has 0 aromatic carbocycles. The molecule has 6 nitrogen and oxygen atoms in total. The van der Waals surface area contributed by atoms with E-state index < -0.39 is 18.0 Å². The Bertz CT molecular complexity index is 546. The number of ketones is 2. The summed E-state index contributed by atoms with van der Waals surface area (Å²) in [4.78, 5) is 41.9. The molecule has 0 bridgehead atoms. The quantitative estimate of drug-likeness (QED) is 0.260. The average molecular weight is 395 g/mol. The molecule has 2 aliphatic carbocycles. The molecule has 2 saturated carbocycles. The molecule has 0 aliphatic heterocycles. The van der Waals surface area contributed by atoms with Crippen molar-refractivity contribution in [1.82, 2.24) is 0 Å². The molecule has 0 N–H and O–H groups in total. The summed E-state index contributed by atoms with van der Waals surface area (Å²) < 4.78 is 4.90. The van der Waals surface area contributed by atoms with Crippen LogP contribution in [0.2, 0.25) is 0 Å². The monoisotopic (exact) mass is 394 g/mol. The molecular formula is C18H24ClNaO6. The normalized spacial score (nSPS) is 20.6. The molecule has 2 aliphatic rings. The van der Waals surface area contributed by atoms with E-state index in [1.807, 2.05) is 0 Å². The van der Waals surface area contributed by atoms with Gasteiger partial charge in [0, 0.05) is 18.4 Å². The van der Waals surface area contributed by atoms with Crippen molar-refractivity contribution in [3.63, 3.8) is 0 Å². The van der Waals surface area contributed by atoms with Gasteiger partial charge in [0.2, 0.25) is 0 Å². The van der Waals surface area contributed by atoms with E-state index >= 15 is 0 Å². The minimum absolute atomic E-state index is 0. The van der Waals surface area contributed by atoms with Gasteiger partial charge < -0.3 is 14.6 Å². The summed E-state index contributed by atoms with van der Waals surface area (Å²) >= 11 is 5.51. The molecule has 140 valence electrons. The van der Waals surface area contributed by atoms with Crippen molar-refractivity contribution < 1.29 is 58.6 Å². The molecule has 2 fully saturated rings. The Morgan fingerprint density at radius 1 is 1.04 bits per heavy atom. The van der Waals surface area contributed by atoms with E-state index in [0.29, 0.717) is 24.8 Å². The van der Waals surface area contributed by atoms with Gasteiger partial charge >= 0.3 is 35.5 Å². The SMILES string of the molecule is C=C(C)C(=O)OC1CCCC1=O.C=C(C)C(=O)[O-].O=C1CCCC1Cl.[Na+]. The Balaban J connectivity index is 0. The number of hydrogen-bond acceptors (Lipinski definition) is 6. The number of carboxylic acids is 1. The maximum Gasteiger partial charge on any atom is 1.00 e. The molecule has 0 heterocycles. The average Bonchev–Trinajstić information content (AvgIpc) is 3.09. The van der Waals surface area contributed by atoms with Gasteiger partial charge in [-0.3, -0.25) is 9.59 Å². The Hall–Kier alpha value is -0.950. The van der Waals surface area contributed by atoms with Crippen LogP contribution in [-0.2, 0) is 23.9 Å². The summed E-state index contributed by atoms with van der Waals surface area (Å²) in [7, 11) is 0. The van der Waals surface area contributed by atoms with E-state index in [0.717, 1.165) is 19.3 Å². The number of aliphatic carboxylic acids is 1. The van der Waals surface area contributed by atoms with Crippen molar-refractivity contribution in [3.8, 4) is 0 Å². The molecule has 0 saturated heterocycles. The van der Waals surface area contributed by atoms with Crippen molar-refractivity contribution in [2.24, 2.45) is 0 Å². The second-order valence-corrected chi connectivity index (χ2v) is 6.45. The van der Waals surface area contributed by atoms with E-state index in [1.165, 1.54) is 6.92 Å². The zero-order chi connectivity index (χ0) is 19.6. The van der Waals surface area contributed by atoms with E-state index in [-0.39, 0.29) is 52.1 Å². The number of rotatable bonds is 3. The molecule has 2 unspecified atom stereocenters. The number of Topliss-reactive ketones (excluding diaryl/α,β-unsaturated/α-hetero) is 2. The third-order valence-corrected chi connectivity index (χ3v) is 3.89. The molecule has 8 heteroatoms. The molecule has 2 atom stereocenters. The first-order valence-electron chi connectivity index (χ1n) is 7.99. The Morgan fingerprint density at radius 3 is 1.73 bits per heavy atom. The fourth-order valence-corrected chi connectivity index (χ4v) is 2.17. The summed E-state index contributed by atoms with van der Waals surface area (Å²) in [5, 5.41) is 9.34. The predicted molar refractivity (Wildman–Crippen MR) is 91.9 cm³/mol. The summed E-state index contributed by atoms with van der Waals surface area (Å²) in [6.45, 7) is 9.48. The van der Waals surface area contributed by atoms with Crippen LogP contribution in [0.1, 0.15) is 52.4 Å². The molecule has 2 rings (SSSR count). The van der Waals surface area contributed by atoms with E-state index in [2.05, 4.69) is 13.2 Å². The van der Waals surface area contributed by atoms with Gasteiger partial charge in [0.15, 0.2) is 17.7 Å².